The molecule has 0 aliphatic heterocycles. The Labute approximate surface area is 217 Å². The number of carbonyl (C=O) groups excluding carboxylic acids is 2. The van der Waals surface area contributed by atoms with Gasteiger partial charge in [0.1, 0.15) is 23.4 Å². The first-order chi connectivity index (χ1) is 17.5. The molecule has 0 saturated carbocycles. The molecule has 36 heavy (non-hydrogen) atoms. The molecular weight excluding hydrogens is 444 g/mol. The van der Waals surface area contributed by atoms with Crippen molar-refractivity contribution in [2.24, 2.45) is 11.8 Å². The van der Waals surface area contributed by atoms with Crippen LogP contribution in [0.2, 0.25) is 0 Å². The van der Waals surface area contributed by atoms with Crippen LogP contribution < -0.4 is 4.74 Å². The molecule has 3 unspecified atom stereocenters. The minimum Gasteiger partial charge on any atom is -0.486 e. The molecule has 0 amide bonds. The van der Waals surface area contributed by atoms with E-state index in [1.165, 1.54) is 5.56 Å². The minimum absolute atomic E-state index is 0.107. The van der Waals surface area contributed by atoms with Gasteiger partial charge in [-0.15, -0.1) is 0 Å². The number of ether oxygens (including phenoxy) is 1. The van der Waals surface area contributed by atoms with E-state index in [1.807, 2.05) is 36.4 Å². The highest BCUT2D eigenvalue weighted by molar-refractivity contribution is 5.80. The van der Waals surface area contributed by atoms with E-state index in [-0.39, 0.29) is 11.9 Å². The molecule has 3 atom stereocenters. The third-order valence-electron chi connectivity index (χ3n) is 7.11. The van der Waals surface area contributed by atoms with Crippen LogP contribution in [0.5, 0.6) is 5.75 Å². The lowest BCUT2D eigenvalue weighted by Gasteiger charge is -2.27. The summed E-state index contributed by atoms with van der Waals surface area (Å²) in [5, 5.41) is 0. The third-order valence-corrected chi connectivity index (χ3v) is 7.11. The summed E-state index contributed by atoms with van der Waals surface area (Å²) in [5.74, 6) is 2.31. The quantitative estimate of drug-likeness (QED) is 0.242. The van der Waals surface area contributed by atoms with Crippen molar-refractivity contribution in [3.63, 3.8) is 0 Å². The van der Waals surface area contributed by atoms with Crippen molar-refractivity contribution >= 4 is 11.6 Å². The number of hydrogen-bond acceptors (Lipinski definition) is 3. The zero-order chi connectivity index (χ0) is 25.6. The number of ketones is 2. The predicted molar refractivity (Wildman–Crippen MR) is 148 cm³/mol. The molecule has 0 aromatic heterocycles. The molecule has 1 aliphatic rings. The van der Waals surface area contributed by atoms with Gasteiger partial charge >= 0.3 is 0 Å². The maximum absolute atomic E-state index is 12.5. The molecule has 1 aliphatic carbocycles. The van der Waals surface area contributed by atoms with Crippen molar-refractivity contribution in [3.8, 4) is 5.75 Å². The van der Waals surface area contributed by atoms with Crippen molar-refractivity contribution in [3.05, 3.63) is 90.0 Å². The van der Waals surface area contributed by atoms with Crippen LogP contribution in [0.3, 0.4) is 0 Å². The monoisotopic (exact) mass is 486 g/mol. The van der Waals surface area contributed by atoms with Gasteiger partial charge in [0.05, 0.1) is 0 Å². The molecule has 2 aromatic carbocycles. The molecule has 192 valence electrons. The number of benzene rings is 2. The second-order valence-electron chi connectivity index (χ2n) is 10.2. The summed E-state index contributed by atoms with van der Waals surface area (Å²) in [6.07, 6.45) is 17.2. The summed E-state index contributed by atoms with van der Waals surface area (Å²) in [6, 6.07) is 18.4. The Balaban J connectivity index is 1.51. The summed E-state index contributed by atoms with van der Waals surface area (Å²) >= 11 is 0. The second-order valence-corrected chi connectivity index (χ2v) is 10.2. The SMILES string of the molecule is CCCC(CCCC(=O)Cc1ccccc1)C(CCc1ccc(OC2C=CC=CC2)cc1)CC(C)=O. The molecule has 0 fully saturated rings. The molecule has 0 spiro atoms. The van der Waals surface area contributed by atoms with E-state index in [1.54, 1.807) is 6.92 Å². The van der Waals surface area contributed by atoms with Crippen molar-refractivity contribution in [1.82, 2.24) is 0 Å². The number of rotatable bonds is 16. The molecule has 3 heteroatoms. The summed E-state index contributed by atoms with van der Waals surface area (Å²) in [6.45, 7) is 3.93. The second kappa shape index (κ2) is 15.2. The van der Waals surface area contributed by atoms with Gasteiger partial charge in [-0.3, -0.25) is 4.79 Å². The first-order valence-corrected chi connectivity index (χ1v) is 13.7. The van der Waals surface area contributed by atoms with Gasteiger partial charge < -0.3 is 9.53 Å². The largest absolute Gasteiger partial charge is 0.486 e. The zero-order valence-electron chi connectivity index (χ0n) is 22.0. The highest BCUT2D eigenvalue weighted by Crippen LogP contribution is 2.31. The maximum atomic E-state index is 12.5. The molecule has 3 nitrogen and oxygen atoms in total. The molecule has 0 heterocycles. The first-order valence-electron chi connectivity index (χ1n) is 13.7. The van der Waals surface area contributed by atoms with Crippen LogP contribution in [-0.4, -0.2) is 17.7 Å². The van der Waals surface area contributed by atoms with Crippen LogP contribution in [0.4, 0.5) is 0 Å². The lowest BCUT2D eigenvalue weighted by atomic mass is 9.78. The highest BCUT2D eigenvalue weighted by atomic mass is 16.5. The average molecular weight is 487 g/mol. The smallest absolute Gasteiger partial charge is 0.137 e. The van der Waals surface area contributed by atoms with Crippen molar-refractivity contribution in [2.45, 2.75) is 84.2 Å². The highest BCUT2D eigenvalue weighted by Gasteiger charge is 2.22. The first kappa shape index (κ1) is 27.6. The van der Waals surface area contributed by atoms with Gasteiger partial charge in [-0.05, 0) is 73.8 Å². The number of carbonyl (C=O) groups is 2. The predicted octanol–water partition coefficient (Wildman–Crippen LogP) is 7.88. The van der Waals surface area contributed by atoms with E-state index in [0.29, 0.717) is 36.9 Å². The summed E-state index contributed by atoms with van der Waals surface area (Å²) in [5.41, 5.74) is 2.37. The van der Waals surface area contributed by atoms with Crippen LogP contribution in [0.25, 0.3) is 0 Å². The topological polar surface area (TPSA) is 43.4 Å². The Morgan fingerprint density at radius 3 is 2.36 bits per heavy atom. The fraction of sp³-hybridized carbons (Fsp3) is 0.455. The lowest BCUT2D eigenvalue weighted by Crippen LogP contribution is -2.19. The van der Waals surface area contributed by atoms with E-state index in [0.717, 1.165) is 56.3 Å². The fourth-order valence-electron chi connectivity index (χ4n) is 5.24. The van der Waals surface area contributed by atoms with Crippen LogP contribution >= 0.6 is 0 Å². The lowest BCUT2D eigenvalue weighted by molar-refractivity contribution is -0.119. The molecule has 0 N–H and O–H groups in total. The normalized spacial score (nSPS) is 16.4. The molecular formula is C33H42O3. The minimum atomic E-state index is 0.107. The van der Waals surface area contributed by atoms with Crippen LogP contribution in [-0.2, 0) is 22.4 Å². The van der Waals surface area contributed by atoms with Crippen LogP contribution in [0, 0.1) is 11.8 Å². The van der Waals surface area contributed by atoms with E-state index in [4.69, 9.17) is 4.74 Å². The van der Waals surface area contributed by atoms with Gasteiger partial charge in [0.25, 0.3) is 0 Å². The Kier molecular flexibility index (Phi) is 11.7. The average Bonchev–Trinajstić information content (AvgIpc) is 2.88. The van der Waals surface area contributed by atoms with Crippen molar-refractivity contribution in [2.75, 3.05) is 0 Å². The van der Waals surface area contributed by atoms with Gasteiger partial charge in [-0.2, -0.15) is 0 Å². The number of allylic oxidation sites excluding steroid dienone is 2. The third kappa shape index (κ3) is 9.97. The van der Waals surface area contributed by atoms with Gasteiger partial charge in [-0.1, -0.05) is 80.5 Å². The van der Waals surface area contributed by atoms with E-state index in [9.17, 15) is 9.59 Å². The number of hydrogen-bond donors (Lipinski definition) is 0. The van der Waals surface area contributed by atoms with Gasteiger partial charge in [-0.25, -0.2) is 0 Å². The molecule has 0 radical (unpaired) electrons. The maximum Gasteiger partial charge on any atom is 0.137 e. The molecule has 0 saturated heterocycles. The van der Waals surface area contributed by atoms with E-state index < -0.39 is 0 Å². The molecule has 2 aromatic rings. The van der Waals surface area contributed by atoms with Gasteiger partial charge in [0.2, 0.25) is 0 Å². The Morgan fingerprint density at radius 2 is 1.69 bits per heavy atom. The summed E-state index contributed by atoms with van der Waals surface area (Å²) in [7, 11) is 0. The van der Waals surface area contributed by atoms with Gasteiger partial charge in [0, 0.05) is 25.7 Å². The van der Waals surface area contributed by atoms with Crippen LogP contribution in [0.15, 0.2) is 78.9 Å². The summed E-state index contributed by atoms with van der Waals surface area (Å²) < 4.78 is 6.05. The van der Waals surface area contributed by atoms with E-state index in [2.05, 4.69) is 49.4 Å². The van der Waals surface area contributed by atoms with Crippen molar-refractivity contribution < 1.29 is 14.3 Å². The zero-order valence-corrected chi connectivity index (χ0v) is 22.0. The van der Waals surface area contributed by atoms with Crippen LogP contribution in [0.1, 0.15) is 76.3 Å². The standard InChI is InChI=1S/C33H42O3/c1-3-11-29(14-10-15-31(35)25-28-12-6-4-7-13-28)30(24-26(2)34)21-18-27-19-22-33(23-20-27)36-32-16-8-5-9-17-32/h4-9,12-13,16,19-20,22-23,29-30,32H,3,10-11,14-15,17-18,21,24-25H2,1-2H3. The number of aryl methyl sites for hydroxylation is 1. The Bertz CT molecular complexity index is 987. The Hall–Kier alpha value is -2.94. The van der Waals surface area contributed by atoms with Crippen molar-refractivity contribution in [1.29, 1.82) is 0 Å². The summed E-state index contributed by atoms with van der Waals surface area (Å²) in [4.78, 5) is 24.6. The molecule has 3 rings (SSSR count). The fourth-order valence-corrected chi connectivity index (χ4v) is 5.24. The van der Waals surface area contributed by atoms with E-state index >= 15 is 0 Å². The molecule has 0 bridgehead atoms. The van der Waals surface area contributed by atoms with Gasteiger partial charge in [0.15, 0.2) is 0 Å². The Morgan fingerprint density at radius 1 is 0.917 bits per heavy atom. The number of Topliss-reactive ketones (excluding diaryl/α,β-unsaturated/α-hetero) is 2.